The molecule has 0 spiro atoms. The molecule has 0 aromatic rings. The van der Waals surface area contributed by atoms with E-state index < -0.39 is 6.29 Å². The third-order valence-electron chi connectivity index (χ3n) is 4.04. The van der Waals surface area contributed by atoms with Crippen LogP contribution in [0.25, 0.3) is 0 Å². The Morgan fingerprint density at radius 2 is 2.22 bits per heavy atom. The van der Waals surface area contributed by atoms with Crippen molar-refractivity contribution in [3.05, 3.63) is 11.8 Å². The van der Waals surface area contributed by atoms with Crippen molar-refractivity contribution in [2.24, 2.45) is 17.8 Å². The van der Waals surface area contributed by atoms with Crippen LogP contribution in [0.1, 0.15) is 33.6 Å². The molecule has 0 saturated heterocycles. The summed E-state index contributed by atoms with van der Waals surface area (Å²) in [5.74, 6) is 0.747. The molecule has 0 fully saturated rings. The van der Waals surface area contributed by atoms with Crippen molar-refractivity contribution in [2.45, 2.75) is 39.9 Å². The van der Waals surface area contributed by atoms with Gasteiger partial charge in [0.15, 0.2) is 5.76 Å². The van der Waals surface area contributed by atoms with Crippen molar-refractivity contribution in [2.75, 3.05) is 33.5 Å². The third-order valence-corrected chi connectivity index (χ3v) is 4.04. The Bertz CT molecular complexity index is 383. The minimum absolute atomic E-state index is 0.137. The summed E-state index contributed by atoms with van der Waals surface area (Å²) in [6.45, 7) is 7.73. The van der Waals surface area contributed by atoms with Crippen LogP contribution in [0.15, 0.2) is 11.8 Å². The first-order valence-corrected chi connectivity index (χ1v) is 8.43. The molecule has 134 valence electrons. The first-order chi connectivity index (χ1) is 11.0. The SMILES string of the molecule is CCO[C@H]1OC(C(=O)NCCOC)=C[C@@H](C(C)C)[C@@H]1CCCO. The van der Waals surface area contributed by atoms with E-state index in [0.29, 0.717) is 37.9 Å². The van der Waals surface area contributed by atoms with Gasteiger partial charge in [0.1, 0.15) is 0 Å². The maximum Gasteiger partial charge on any atom is 0.286 e. The highest BCUT2D eigenvalue weighted by Gasteiger charge is 2.38. The molecule has 0 radical (unpaired) electrons. The lowest BCUT2D eigenvalue weighted by atomic mass is 9.78. The van der Waals surface area contributed by atoms with Crippen molar-refractivity contribution >= 4 is 5.91 Å². The fourth-order valence-electron chi connectivity index (χ4n) is 2.88. The Morgan fingerprint density at radius 3 is 2.78 bits per heavy atom. The highest BCUT2D eigenvalue weighted by molar-refractivity contribution is 5.91. The van der Waals surface area contributed by atoms with Crippen LogP contribution in [0.2, 0.25) is 0 Å². The average molecular weight is 329 g/mol. The molecule has 3 atom stereocenters. The van der Waals surface area contributed by atoms with Gasteiger partial charge in [0.05, 0.1) is 6.61 Å². The lowest BCUT2D eigenvalue weighted by molar-refractivity contribution is -0.175. The van der Waals surface area contributed by atoms with E-state index in [-0.39, 0.29) is 24.3 Å². The molecule has 2 N–H and O–H groups in total. The molecule has 1 aliphatic heterocycles. The van der Waals surface area contributed by atoms with Gasteiger partial charge in [-0.05, 0) is 37.7 Å². The summed E-state index contributed by atoms with van der Waals surface area (Å²) in [4.78, 5) is 12.3. The number of nitrogens with one attached hydrogen (secondary N) is 1. The largest absolute Gasteiger partial charge is 0.459 e. The van der Waals surface area contributed by atoms with E-state index >= 15 is 0 Å². The summed E-state index contributed by atoms with van der Waals surface area (Å²) in [6, 6.07) is 0. The van der Waals surface area contributed by atoms with E-state index in [2.05, 4.69) is 19.2 Å². The standard InChI is InChI=1S/C17H31NO5/c1-5-22-17-13(7-6-9-19)14(12(2)3)11-15(23-17)16(20)18-8-10-21-4/h11-14,17,19H,5-10H2,1-4H3,(H,18,20)/t13-,14-,17-/m0/s1. The lowest BCUT2D eigenvalue weighted by Crippen LogP contribution is -2.41. The van der Waals surface area contributed by atoms with Crippen LogP contribution < -0.4 is 5.32 Å². The Labute approximate surface area is 139 Å². The highest BCUT2D eigenvalue weighted by atomic mass is 16.7. The van der Waals surface area contributed by atoms with E-state index in [0.717, 1.165) is 6.42 Å². The number of rotatable bonds is 10. The van der Waals surface area contributed by atoms with Gasteiger partial charge >= 0.3 is 0 Å². The fourth-order valence-corrected chi connectivity index (χ4v) is 2.88. The number of ether oxygens (including phenoxy) is 3. The average Bonchev–Trinajstić information content (AvgIpc) is 2.53. The molecule has 23 heavy (non-hydrogen) atoms. The Hall–Kier alpha value is -1.11. The number of allylic oxidation sites excluding steroid dienone is 1. The maximum atomic E-state index is 12.3. The van der Waals surface area contributed by atoms with Gasteiger partial charge in [-0.2, -0.15) is 0 Å². The van der Waals surface area contributed by atoms with Gasteiger partial charge < -0.3 is 24.6 Å². The van der Waals surface area contributed by atoms with E-state index in [9.17, 15) is 4.79 Å². The predicted molar refractivity (Wildman–Crippen MR) is 87.6 cm³/mol. The second-order valence-corrected chi connectivity index (χ2v) is 6.07. The van der Waals surface area contributed by atoms with Crippen LogP contribution in [0.4, 0.5) is 0 Å². The van der Waals surface area contributed by atoms with Crippen LogP contribution in [0.3, 0.4) is 0 Å². The second-order valence-electron chi connectivity index (χ2n) is 6.07. The number of aliphatic hydroxyl groups excluding tert-OH is 1. The van der Waals surface area contributed by atoms with Gasteiger partial charge in [-0.25, -0.2) is 0 Å². The predicted octanol–water partition coefficient (Wildman–Crippen LogP) is 1.69. The molecule has 1 heterocycles. The van der Waals surface area contributed by atoms with Gasteiger partial charge in [-0.1, -0.05) is 13.8 Å². The lowest BCUT2D eigenvalue weighted by Gasteiger charge is -2.38. The van der Waals surface area contributed by atoms with Gasteiger partial charge in [0.2, 0.25) is 6.29 Å². The molecule has 6 nitrogen and oxygen atoms in total. The molecular formula is C17H31NO5. The summed E-state index contributed by atoms with van der Waals surface area (Å²) in [5, 5.41) is 11.9. The van der Waals surface area contributed by atoms with Crippen LogP contribution in [0.5, 0.6) is 0 Å². The molecule has 1 aliphatic rings. The zero-order valence-corrected chi connectivity index (χ0v) is 14.7. The van der Waals surface area contributed by atoms with E-state index in [1.165, 1.54) is 0 Å². The second kappa shape index (κ2) is 10.6. The quantitative estimate of drug-likeness (QED) is 0.596. The van der Waals surface area contributed by atoms with Crippen molar-refractivity contribution < 1.29 is 24.1 Å². The number of amides is 1. The number of carbonyl (C=O) groups excluding carboxylic acids is 1. The summed E-state index contributed by atoms with van der Waals surface area (Å²) in [5.41, 5.74) is 0. The molecule has 1 rings (SSSR count). The van der Waals surface area contributed by atoms with Crippen LogP contribution >= 0.6 is 0 Å². The van der Waals surface area contributed by atoms with Crippen molar-refractivity contribution in [1.82, 2.24) is 5.32 Å². The minimum Gasteiger partial charge on any atom is -0.459 e. The number of hydrogen-bond acceptors (Lipinski definition) is 5. The molecule has 0 bridgehead atoms. The molecule has 6 heteroatoms. The van der Waals surface area contributed by atoms with E-state index in [1.807, 2.05) is 13.0 Å². The first-order valence-electron chi connectivity index (χ1n) is 8.43. The van der Waals surface area contributed by atoms with Crippen LogP contribution in [-0.4, -0.2) is 50.8 Å². The Balaban J connectivity index is 2.88. The number of carbonyl (C=O) groups is 1. The zero-order valence-electron chi connectivity index (χ0n) is 14.7. The van der Waals surface area contributed by atoms with Gasteiger partial charge in [0, 0.05) is 32.8 Å². The molecule has 1 amide bonds. The normalized spacial score (nSPS) is 24.3. The van der Waals surface area contributed by atoms with Crippen LogP contribution in [0, 0.1) is 17.8 Å². The highest BCUT2D eigenvalue weighted by Crippen LogP contribution is 2.36. The number of aliphatic hydroxyl groups is 1. The summed E-state index contributed by atoms with van der Waals surface area (Å²) < 4.78 is 16.5. The zero-order chi connectivity index (χ0) is 17.2. The molecule has 0 unspecified atom stereocenters. The molecule has 0 aromatic carbocycles. The van der Waals surface area contributed by atoms with Gasteiger partial charge in [-0.15, -0.1) is 0 Å². The monoisotopic (exact) mass is 329 g/mol. The topological polar surface area (TPSA) is 77.0 Å². The Morgan fingerprint density at radius 1 is 1.48 bits per heavy atom. The van der Waals surface area contributed by atoms with Crippen molar-refractivity contribution in [1.29, 1.82) is 0 Å². The van der Waals surface area contributed by atoms with Crippen LogP contribution in [-0.2, 0) is 19.0 Å². The first kappa shape index (κ1) is 19.9. The fraction of sp³-hybridized carbons (Fsp3) is 0.824. The molecule has 0 saturated carbocycles. The minimum atomic E-state index is -0.452. The van der Waals surface area contributed by atoms with Crippen molar-refractivity contribution in [3.8, 4) is 0 Å². The summed E-state index contributed by atoms with van der Waals surface area (Å²) in [6.07, 6.45) is 2.96. The van der Waals surface area contributed by atoms with E-state index in [4.69, 9.17) is 19.3 Å². The third kappa shape index (κ3) is 6.12. The molecule has 0 aliphatic carbocycles. The smallest absolute Gasteiger partial charge is 0.286 e. The van der Waals surface area contributed by atoms with E-state index in [1.54, 1.807) is 7.11 Å². The van der Waals surface area contributed by atoms with Gasteiger partial charge in [-0.3, -0.25) is 4.79 Å². The van der Waals surface area contributed by atoms with Crippen molar-refractivity contribution in [3.63, 3.8) is 0 Å². The maximum absolute atomic E-state index is 12.3. The molecule has 0 aromatic heterocycles. The summed E-state index contributed by atoms with van der Waals surface area (Å²) >= 11 is 0. The number of methoxy groups -OCH3 is 1. The molecular weight excluding hydrogens is 298 g/mol. The van der Waals surface area contributed by atoms with Gasteiger partial charge in [0.25, 0.3) is 5.91 Å². The summed E-state index contributed by atoms with van der Waals surface area (Å²) in [7, 11) is 1.59. The Kier molecular flexibility index (Phi) is 9.21. The number of hydrogen-bond donors (Lipinski definition) is 2.